The van der Waals surface area contributed by atoms with Crippen LogP contribution in [0.3, 0.4) is 0 Å². The van der Waals surface area contributed by atoms with E-state index in [1.54, 1.807) is 0 Å². The predicted molar refractivity (Wildman–Crippen MR) is 73.7 cm³/mol. The van der Waals surface area contributed by atoms with Crippen LogP contribution in [0.5, 0.6) is 0 Å². The van der Waals surface area contributed by atoms with Crippen LogP contribution in [0.1, 0.15) is 26.7 Å². The van der Waals surface area contributed by atoms with Gasteiger partial charge in [-0.05, 0) is 13.3 Å². The number of ketones is 2. The number of ether oxygens (including phenoxy) is 1. The number of carbonyl (C=O) groups is 3. The Hall–Kier alpha value is -2.57. The van der Waals surface area contributed by atoms with E-state index in [0.717, 1.165) is 13.3 Å². The van der Waals surface area contributed by atoms with Gasteiger partial charge in [-0.3, -0.25) is 9.59 Å². The van der Waals surface area contributed by atoms with E-state index >= 15 is 0 Å². The highest BCUT2D eigenvalue weighted by Gasteiger charge is 2.11. The lowest BCUT2D eigenvalue weighted by Crippen LogP contribution is -2.10. The largest absolute Gasteiger partial charge is 0.504 e. The van der Waals surface area contributed by atoms with Crippen LogP contribution in [0.15, 0.2) is 35.5 Å². The Morgan fingerprint density at radius 3 is 2.00 bits per heavy atom. The Balaban J connectivity index is 4.76. The second kappa shape index (κ2) is 9.35. The summed E-state index contributed by atoms with van der Waals surface area (Å²) in [4.78, 5) is 33.3. The highest BCUT2D eigenvalue weighted by atomic mass is 16.5. The van der Waals surface area contributed by atoms with Crippen LogP contribution in [-0.4, -0.2) is 39.5 Å². The lowest BCUT2D eigenvalue weighted by atomic mass is 10.2. The number of aliphatic hydroxyl groups excluding tert-OH is 3. The smallest absolute Gasteiger partial charge is 0.373 e. The van der Waals surface area contributed by atoms with Gasteiger partial charge in [0, 0.05) is 18.2 Å². The van der Waals surface area contributed by atoms with Gasteiger partial charge in [-0.1, -0.05) is 13.3 Å². The standard InChI is InChI=1S/C14H18O7/c1-3-4-5-21-14(20)13(19)8-10(16)7-12(18)11(17)6-9(2)15/h6-8,17-19H,3-5H2,1-2H3. The van der Waals surface area contributed by atoms with Crippen molar-refractivity contribution in [3.63, 3.8) is 0 Å². The molecule has 0 bridgehead atoms. The normalized spacial score (nSPS) is 13.0. The van der Waals surface area contributed by atoms with Crippen molar-refractivity contribution in [3.05, 3.63) is 35.5 Å². The number of hydrogen-bond donors (Lipinski definition) is 3. The molecule has 0 fully saturated rings. The van der Waals surface area contributed by atoms with Crippen molar-refractivity contribution in [2.24, 2.45) is 0 Å². The maximum Gasteiger partial charge on any atom is 0.373 e. The van der Waals surface area contributed by atoms with Crippen molar-refractivity contribution in [2.75, 3.05) is 6.61 Å². The van der Waals surface area contributed by atoms with Crippen LogP contribution in [0.2, 0.25) is 0 Å². The molecule has 7 nitrogen and oxygen atoms in total. The quantitative estimate of drug-likeness (QED) is 0.205. The van der Waals surface area contributed by atoms with Crippen molar-refractivity contribution in [1.82, 2.24) is 0 Å². The molecule has 21 heavy (non-hydrogen) atoms. The van der Waals surface area contributed by atoms with Gasteiger partial charge in [0.1, 0.15) is 0 Å². The van der Waals surface area contributed by atoms with E-state index in [9.17, 15) is 29.7 Å². The number of aliphatic hydroxyl groups is 3. The second-order valence-corrected chi connectivity index (χ2v) is 4.09. The lowest BCUT2D eigenvalue weighted by molar-refractivity contribution is -0.142. The van der Waals surface area contributed by atoms with Gasteiger partial charge in [-0.2, -0.15) is 0 Å². The van der Waals surface area contributed by atoms with Gasteiger partial charge >= 0.3 is 5.97 Å². The fourth-order valence-corrected chi connectivity index (χ4v) is 1.09. The summed E-state index contributed by atoms with van der Waals surface area (Å²) in [6, 6.07) is 0. The Bertz CT molecular complexity index is 497. The number of unbranched alkanes of at least 4 members (excludes halogenated alkanes) is 1. The Morgan fingerprint density at radius 2 is 1.48 bits per heavy atom. The number of carbonyl (C=O) groups excluding carboxylic acids is 3. The number of allylic oxidation sites excluding steroid dienone is 3. The zero-order valence-corrected chi connectivity index (χ0v) is 11.8. The molecule has 0 saturated carbocycles. The SMILES string of the molecule is CCCCOC(=O)C(O)=CC(=O)C=C(O)C(O)=CC(C)=O. The Labute approximate surface area is 121 Å². The molecule has 0 unspecified atom stereocenters. The van der Waals surface area contributed by atoms with E-state index in [4.69, 9.17) is 0 Å². The van der Waals surface area contributed by atoms with E-state index in [-0.39, 0.29) is 6.61 Å². The molecule has 0 aliphatic rings. The average Bonchev–Trinajstić information content (AvgIpc) is 2.37. The molecule has 0 aliphatic carbocycles. The highest BCUT2D eigenvalue weighted by molar-refractivity contribution is 6.04. The van der Waals surface area contributed by atoms with Gasteiger partial charge in [-0.15, -0.1) is 0 Å². The first-order valence-corrected chi connectivity index (χ1v) is 6.22. The van der Waals surface area contributed by atoms with Crippen LogP contribution in [0.4, 0.5) is 0 Å². The second-order valence-electron chi connectivity index (χ2n) is 4.09. The zero-order chi connectivity index (χ0) is 16.4. The summed E-state index contributed by atoms with van der Waals surface area (Å²) in [7, 11) is 0. The third kappa shape index (κ3) is 8.25. The number of rotatable bonds is 8. The van der Waals surface area contributed by atoms with E-state index in [0.29, 0.717) is 24.6 Å². The first-order valence-electron chi connectivity index (χ1n) is 6.22. The van der Waals surface area contributed by atoms with Crippen molar-refractivity contribution in [1.29, 1.82) is 0 Å². The summed E-state index contributed by atoms with van der Waals surface area (Å²) in [5.74, 6) is -5.13. The molecular formula is C14H18O7. The minimum atomic E-state index is -1.06. The maximum atomic E-state index is 11.4. The molecule has 0 aromatic heterocycles. The van der Waals surface area contributed by atoms with E-state index < -0.39 is 34.8 Å². The average molecular weight is 298 g/mol. The molecule has 0 amide bonds. The highest BCUT2D eigenvalue weighted by Crippen LogP contribution is 2.04. The van der Waals surface area contributed by atoms with Crippen LogP contribution in [0, 0.1) is 0 Å². The molecular weight excluding hydrogens is 280 g/mol. The Morgan fingerprint density at radius 1 is 0.952 bits per heavy atom. The van der Waals surface area contributed by atoms with Crippen molar-refractivity contribution >= 4 is 17.5 Å². The van der Waals surface area contributed by atoms with Crippen LogP contribution >= 0.6 is 0 Å². The van der Waals surface area contributed by atoms with Gasteiger partial charge in [0.15, 0.2) is 23.1 Å². The molecule has 116 valence electrons. The predicted octanol–water partition coefficient (Wildman–Crippen LogP) is 1.81. The molecule has 3 N–H and O–H groups in total. The molecule has 0 aromatic rings. The van der Waals surface area contributed by atoms with Gasteiger partial charge in [0.25, 0.3) is 0 Å². The number of hydrogen-bond acceptors (Lipinski definition) is 7. The van der Waals surface area contributed by atoms with Gasteiger partial charge in [0.05, 0.1) is 6.61 Å². The van der Waals surface area contributed by atoms with Crippen molar-refractivity contribution in [2.45, 2.75) is 26.7 Å². The topological polar surface area (TPSA) is 121 Å². The van der Waals surface area contributed by atoms with Crippen molar-refractivity contribution < 1.29 is 34.4 Å². The van der Waals surface area contributed by atoms with Crippen molar-refractivity contribution in [3.8, 4) is 0 Å². The van der Waals surface area contributed by atoms with Gasteiger partial charge in [-0.25, -0.2) is 4.79 Å². The molecule has 0 saturated heterocycles. The monoisotopic (exact) mass is 298 g/mol. The molecule has 0 atom stereocenters. The molecule has 0 aliphatic heterocycles. The first kappa shape index (κ1) is 18.4. The maximum absolute atomic E-state index is 11.4. The summed E-state index contributed by atoms with van der Waals surface area (Å²) in [5, 5.41) is 27.8. The number of esters is 1. The first-order chi connectivity index (χ1) is 9.77. The summed E-state index contributed by atoms with van der Waals surface area (Å²) in [6.07, 6.45) is 3.21. The third-order valence-corrected chi connectivity index (χ3v) is 2.10. The van der Waals surface area contributed by atoms with Gasteiger partial charge < -0.3 is 20.1 Å². The summed E-state index contributed by atoms with van der Waals surface area (Å²) in [6.45, 7) is 3.15. The van der Waals surface area contributed by atoms with E-state index in [1.807, 2.05) is 6.92 Å². The minimum Gasteiger partial charge on any atom is -0.504 e. The zero-order valence-electron chi connectivity index (χ0n) is 11.8. The third-order valence-electron chi connectivity index (χ3n) is 2.10. The molecule has 7 heteroatoms. The molecule has 0 spiro atoms. The molecule has 0 rings (SSSR count). The van der Waals surface area contributed by atoms with Gasteiger partial charge in [0.2, 0.25) is 5.76 Å². The fourth-order valence-electron chi connectivity index (χ4n) is 1.09. The van der Waals surface area contributed by atoms with Crippen LogP contribution in [0.25, 0.3) is 0 Å². The van der Waals surface area contributed by atoms with E-state index in [1.165, 1.54) is 0 Å². The van der Waals surface area contributed by atoms with Crippen LogP contribution < -0.4 is 0 Å². The molecule has 0 heterocycles. The Kier molecular flexibility index (Phi) is 8.21. The minimum absolute atomic E-state index is 0.116. The summed E-state index contributed by atoms with van der Waals surface area (Å²) in [5.41, 5.74) is 0. The summed E-state index contributed by atoms with van der Waals surface area (Å²) < 4.78 is 4.65. The molecule has 0 aromatic carbocycles. The van der Waals surface area contributed by atoms with E-state index in [2.05, 4.69) is 4.74 Å². The van der Waals surface area contributed by atoms with Crippen LogP contribution in [-0.2, 0) is 19.1 Å². The molecule has 0 radical (unpaired) electrons. The lowest BCUT2D eigenvalue weighted by Gasteiger charge is -2.02. The summed E-state index contributed by atoms with van der Waals surface area (Å²) >= 11 is 0. The fraction of sp³-hybridized carbons (Fsp3) is 0.357.